The van der Waals surface area contributed by atoms with E-state index in [2.05, 4.69) is 9.71 Å². The topological polar surface area (TPSA) is 146 Å². The van der Waals surface area contributed by atoms with Gasteiger partial charge in [0, 0.05) is 40.2 Å². The van der Waals surface area contributed by atoms with Crippen LogP contribution in [0.1, 0.15) is 71.2 Å². The van der Waals surface area contributed by atoms with Crippen LogP contribution < -0.4 is 20.9 Å². The van der Waals surface area contributed by atoms with Crippen molar-refractivity contribution in [3.05, 3.63) is 128 Å². The molecule has 11 heteroatoms. The summed E-state index contributed by atoms with van der Waals surface area (Å²) in [5.74, 6) is -0.139. The number of nitrogens with one attached hydrogen (secondary N) is 1. The van der Waals surface area contributed by atoms with Crippen LogP contribution in [0.3, 0.4) is 0 Å². The van der Waals surface area contributed by atoms with Gasteiger partial charge in [-0.2, -0.15) is 0 Å². The summed E-state index contributed by atoms with van der Waals surface area (Å²) < 4.78 is 42.1. The molecule has 50 heavy (non-hydrogen) atoms. The van der Waals surface area contributed by atoms with E-state index in [1.165, 1.54) is 0 Å². The van der Waals surface area contributed by atoms with Crippen molar-refractivity contribution in [1.29, 1.82) is 0 Å². The maximum absolute atomic E-state index is 13.8. The van der Waals surface area contributed by atoms with Gasteiger partial charge in [0.25, 0.3) is 10.0 Å². The summed E-state index contributed by atoms with van der Waals surface area (Å²) in [5.41, 5.74) is 16.6. The standard InChI is InChI=1S/C39H45ClN4O5S/c1-24-18-20-29(21-19-24)39(28-13-8-7-9-14-28,31-15-10-11-16-32(31)40)49-36(45)33(41)17-12-22-43-37(42)44-50(46,47)35-26(3)25(2)34-30(27(35)4)23-38(5,6)48-34/h7-11,13-16,18-21,33H,12,17,22-23,41H2,1-6H3,(H3,42,43,44)/t33-,39?/m1/s1. The quantitative estimate of drug-likeness (QED) is 0.0527. The first kappa shape index (κ1) is 36.9. The zero-order valence-corrected chi connectivity index (χ0v) is 30.9. The molecule has 0 aromatic heterocycles. The number of aryl methyl sites for hydroxylation is 1. The Kier molecular flexibility index (Phi) is 10.7. The molecule has 0 fully saturated rings. The van der Waals surface area contributed by atoms with E-state index in [1.807, 2.05) is 100 Å². The Morgan fingerprint density at radius 2 is 1.58 bits per heavy atom. The Hall–Kier alpha value is -4.38. The molecule has 0 amide bonds. The van der Waals surface area contributed by atoms with Crippen molar-refractivity contribution in [3.63, 3.8) is 0 Å². The van der Waals surface area contributed by atoms with Gasteiger partial charge in [-0.3, -0.25) is 9.79 Å². The van der Waals surface area contributed by atoms with Crippen molar-refractivity contribution in [2.75, 3.05) is 6.54 Å². The first-order valence-corrected chi connectivity index (χ1v) is 18.4. The van der Waals surface area contributed by atoms with Gasteiger partial charge in [-0.05, 0) is 77.1 Å². The van der Waals surface area contributed by atoms with E-state index in [1.54, 1.807) is 19.9 Å². The lowest BCUT2D eigenvalue weighted by atomic mass is 9.79. The average molecular weight is 717 g/mol. The summed E-state index contributed by atoms with van der Waals surface area (Å²) in [7, 11) is -4.05. The Morgan fingerprint density at radius 1 is 0.960 bits per heavy atom. The highest BCUT2D eigenvalue weighted by Crippen LogP contribution is 2.45. The number of benzene rings is 4. The predicted molar refractivity (Wildman–Crippen MR) is 198 cm³/mol. The second kappa shape index (κ2) is 14.5. The number of guanidine groups is 1. The Balaban J connectivity index is 1.31. The fourth-order valence-corrected chi connectivity index (χ4v) is 8.38. The molecule has 1 unspecified atom stereocenters. The second-order valence-corrected chi connectivity index (χ2v) is 15.5. The fourth-order valence-electron chi connectivity index (χ4n) is 6.58. The van der Waals surface area contributed by atoms with Crippen molar-refractivity contribution in [3.8, 4) is 5.75 Å². The number of ether oxygens (including phenoxy) is 2. The Bertz CT molecular complexity index is 2030. The first-order valence-electron chi connectivity index (χ1n) is 16.6. The highest BCUT2D eigenvalue weighted by Gasteiger charge is 2.43. The number of esters is 1. The monoisotopic (exact) mass is 716 g/mol. The van der Waals surface area contributed by atoms with E-state index in [4.69, 9.17) is 32.5 Å². The molecule has 9 nitrogen and oxygen atoms in total. The molecular weight excluding hydrogens is 672 g/mol. The molecule has 1 heterocycles. The van der Waals surface area contributed by atoms with Crippen LogP contribution in [0, 0.1) is 27.7 Å². The van der Waals surface area contributed by atoms with Gasteiger partial charge in [0.1, 0.15) is 17.4 Å². The molecule has 1 aliphatic rings. The predicted octanol–water partition coefficient (Wildman–Crippen LogP) is 6.52. The lowest BCUT2D eigenvalue weighted by molar-refractivity contribution is -0.155. The Morgan fingerprint density at radius 3 is 2.24 bits per heavy atom. The van der Waals surface area contributed by atoms with Crippen LogP contribution >= 0.6 is 11.6 Å². The smallest absolute Gasteiger partial charge is 0.324 e. The van der Waals surface area contributed by atoms with Crippen molar-refractivity contribution >= 4 is 33.6 Å². The number of carbonyl (C=O) groups excluding carboxylic acids is 1. The number of carbonyl (C=O) groups is 1. The largest absolute Gasteiger partial charge is 0.487 e. The van der Waals surface area contributed by atoms with Crippen molar-refractivity contribution in [1.82, 2.24) is 4.72 Å². The van der Waals surface area contributed by atoms with E-state index in [-0.39, 0.29) is 23.8 Å². The summed E-state index contributed by atoms with van der Waals surface area (Å²) in [6.45, 7) is 11.5. The molecule has 4 aromatic rings. The minimum absolute atomic E-state index is 0.130. The van der Waals surface area contributed by atoms with Gasteiger partial charge < -0.3 is 20.9 Å². The minimum atomic E-state index is -4.05. The lowest BCUT2D eigenvalue weighted by Crippen LogP contribution is -2.42. The van der Waals surface area contributed by atoms with Gasteiger partial charge in [0.15, 0.2) is 5.60 Å². The van der Waals surface area contributed by atoms with Gasteiger partial charge in [-0.15, -0.1) is 0 Å². The number of rotatable bonds is 11. The third-order valence-corrected chi connectivity index (χ3v) is 11.2. The van der Waals surface area contributed by atoms with Gasteiger partial charge in [0.2, 0.25) is 5.96 Å². The zero-order chi connectivity index (χ0) is 36.4. The number of fused-ring (bicyclic) bond motifs is 1. The van der Waals surface area contributed by atoms with Gasteiger partial charge in [-0.1, -0.05) is 90.0 Å². The average Bonchev–Trinajstić information content (AvgIpc) is 3.41. The fraction of sp³-hybridized carbons (Fsp3) is 0.333. The molecule has 5 N–H and O–H groups in total. The summed E-state index contributed by atoms with van der Waals surface area (Å²) in [4.78, 5) is 18.2. The molecule has 0 radical (unpaired) electrons. The first-order chi connectivity index (χ1) is 23.6. The number of aliphatic imine (C=N–C) groups is 1. The molecule has 2 atom stereocenters. The number of halogens is 1. The number of sulfonamides is 1. The van der Waals surface area contributed by atoms with Crippen LogP contribution in [0.5, 0.6) is 5.75 Å². The molecule has 0 aliphatic carbocycles. The van der Waals surface area contributed by atoms with Crippen molar-refractivity contribution in [2.45, 2.75) is 82.9 Å². The zero-order valence-electron chi connectivity index (χ0n) is 29.3. The summed E-state index contributed by atoms with van der Waals surface area (Å²) in [6.07, 6.45) is 1.15. The third-order valence-electron chi connectivity index (χ3n) is 9.20. The van der Waals surface area contributed by atoms with Gasteiger partial charge in [-0.25, -0.2) is 13.1 Å². The van der Waals surface area contributed by atoms with Gasteiger partial charge in [0.05, 0.1) is 4.90 Å². The maximum atomic E-state index is 13.8. The van der Waals surface area contributed by atoms with Crippen molar-refractivity contribution in [2.24, 2.45) is 16.5 Å². The molecule has 4 aromatic carbocycles. The SMILES string of the molecule is Cc1ccc(C(OC(=O)[C@H](N)CCCN=C(N)NS(=O)(=O)c2c(C)c(C)c3c(c2C)CC(C)(C)O3)(c2ccccc2)c2ccccc2Cl)cc1. The van der Waals surface area contributed by atoms with Gasteiger partial charge >= 0.3 is 5.97 Å². The summed E-state index contributed by atoms with van der Waals surface area (Å²) >= 11 is 6.78. The molecule has 0 saturated carbocycles. The van der Waals surface area contributed by atoms with Crippen LogP contribution in [0.25, 0.3) is 0 Å². The van der Waals surface area contributed by atoms with E-state index < -0.39 is 33.2 Å². The normalized spacial score (nSPS) is 15.8. The highest BCUT2D eigenvalue weighted by molar-refractivity contribution is 7.90. The minimum Gasteiger partial charge on any atom is -0.487 e. The molecule has 0 saturated heterocycles. The molecule has 1 aliphatic heterocycles. The molecule has 5 rings (SSSR count). The molecule has 264 valence electrons. The van der Waals surface area contributed by atoms with E-state index in [0.717, 1.165) is 22.4 Å². The van der Waals surface area contributed by atoms with Crippen LogP contribution in [0.2, 0.25) is 5.02 Å². The second-order valence-electron chi connectivity index (χ2n) is 13.5. The van der Waals surface area contributed by atoms with Crippen LogP contribution in [0.4, 0.5) is 0 Å². The van der Waals surface area contributed by atoms with Crippen LogP contribution in [0.15, 0.2) is 88.8 Å². The number of hydrogen-bond acceptors (Lipinski definition) is 7. The van der Waals surface area contributed by atoms with E-state index in [9.17, 15) is 13.2 Å². The number of hydrogen-bond donors (Lipinski definition) is 3. The maximum Gasteiger partial charge on any atom is 0.324 e. The van der Waals surface area contributed by atoms with E-state index >= 15 is 0 Å². The van der Waals surface area contributed by atoms with Crippen LogP contribution in [-0.4, -0.2) is 38.5 Å². The lowest BCUT2D eigenvalue weighted by Gasteiger charge is -2.36. The Labute approximate surface area is 300 Å². The van der Waals surface area contributed by atoms with E-state index in [0.29, 0.717) is 45.7 Å². The summed E-state index contributed by atoms with van der Waals surface area (Å²) in [5, 5.41) is 0.433. The molecule has 0 spiro atoms. The highest BCUT2D eigenvalue weighted by atomic mass is 35.5. The molecular formula is C39H45ClN4O5S. The number of nitrogens with two attached hydrogens (primary N) is 2. The number of nitrogens with zero attached hydrogens (tertiary/aromatic N) is 1. The molecule has 0 bridgehead atoms. The third kappa shape index (κ3) is 7.38. The van der Waals surface area contributed by atoms with Crippen LogP contribution in [-0.2, 0) is 31.6 Å². The van der Waals surface area contributed by atoms with Crippen molar-refractivity contribution < 1.29 is 22.7 Å². The summed E-state index contributed by atoms with van der Waals surface area (Å²) in [6, 6.07) is 23.4.